The number of methoxy groups -OCH3 is 1. The lowest BCUT2D eigenvalue weighted by Crippen LogP contribution is -2.33. The van der Waals surface area contributed by atoms with Gasteiger partial charge in [-0.25, -0.2) is 0 Å². The van der Waals surface area contributed by atoms with Crippen LogP contribution in [-0.4, -0.2) is 44.0 Å². The molecule has 9 heteroatoms. The number of nitrogens with zero attached hydrogens (tertiary/aromatic N) is 4. The fraction of sp³-hybridized carbons (Fsp3) is 0.391. The zero-order valence-corrected chi connectivity index (χ0v) is 19.1. The van der Waals surface area contributed by atoms with E-state index in [1.165, 1.54) is 31.0 Å². The van der Waals surface area contributed by atoms with Gasteiger partial charge in [0.05, 0.1) is 12.9 Å². The third-order valence-electron chi connectivity index (χ3n) is 5.71. The van der Waals surface area contributed by atoms with Gasteiger partial charge in [0.1, 0.15) is 11.4 Å². The van der Waals surface area contributed by atoms with Gasteiger partial charge in [0, 0.05) is 24.8 Å². The van der Waals surface area contributed by atoms with E-state index in [0.717, 1.165) is 30.0 Å². The summed E-state index contributed by atoms with van der Waals surface area (Å²) in [6.07, 6.45) is 7.46. The molecule has 2 amide bonds. The number of amides is 2. The zero-order chi connectivity index (χ0) is 22.5. The van der Waals surface area contributed by atoms with Crippen LogP contribution in [0.1, 0.15) is 48.6 Å². The predicted octanol–water partition coefficient (Wildman–Crippen LogP) is 3.85. The largest absolute Gasteiger partial charge is 0.497 e. The summed E-state index contributed by atoms with van der Waals surface area (Å²) < 4.78 is 9.11. The number of aryl methyl sites for hydroxylation is 1. The molecular formula is C23H27N5O3S. The maximum absolute atomic E-state index is 12.4. The minimum Gasteiger partial charge on any atom is -0.497 e. The molecule has 2 heterocycles. The number of nitrogens with one attached hydrogen (secondary N) is 1. The monoisotopic (exact) mass is 453 g/mol. The lowest BCUT2D eigenvalue weighted by atomic mass is 9.95. The van der Waals surface area contributed by atoms with Crippen molar-refractivity contribution < 1.29 is 14.3 Å². The minimum absolute atomic E-state index is 0.0869. The van der Waals surface area contributed by atoms with Gasteiger partial charge in [0.25, 0.3) is 5.91 Å². The van der Waals surface area contributed by atoms with Crippen molar-refractivity contribution >= 4 is 23.6 Å². The van der Waals surface area contributed by atoms with Crippen LogP contribution in [0.3, 0.4) is 0 Å². The average molecular weight is 454 g/mol. The van der Waals surface area contributed by atoms with Crippen molar-refractivity contribution in [2.24, 2.45) is 7.05 Å². The summed E-state index contributed by atoms with van der Waals surface area (Å²) >= 11 is 1.31. The second-order valence-electron chi connectivity index (χ2n) is 7.87. The van der Waals surface area contributed by atoms with Crippen molar-refractivity contribution in [3.8, 4) is 17.1 Å². The fourth-order valence-corrected chi connectivity index (χ4v) is 4.84. The van der Waals surface area contributed by atoms with Crippen molar-refractivity contribution in [1.82, 2.24) is 24.6 Å². The van der Waals surface area contributed by atoms with E-state index < -0.39 is 5.91 Å². The summed E-state index contributed by atoms with van der Waals surface area (Å²) in [6, 6.07) is 11.5. The van der Waals surface area contributed by atoms with Gasteiger partial charge in [0.2, 0.25) is 5.91 Å². The molecular weight excluding hydrogens is 426 g/mol. The van der Waals surface area contributed by atoms with E-state index in [-0.39, 0.29) is 11.7 Å². The molecule has 0 saturated heterocycles. The Morgan fingerprint density at radius 2 is 1.88 bits per heavy atom. The molecule has 4 rings (SSSR count). The third kappa shape index (κ3) is 4.88. The van der Waals surface area contributed by atoms with Gasteiger partial charge >= 0.3 is 0 Å². The number of aromatic nitrogens is 4. The van der Waals surface area contributed by atoms with Gasteiger partial charge in [-0.1, -0.05) is 31.0 Å². The summed E-state index contributed by atoms with van der Waals surface area (Å²) in [5.41, 5.74) is 1.40. The Balaban J connectivity index is 1.51. The van der Waals surface area contributed by atoms with Crippen LogP contribution < -0.4 is 10.1 Å². The van der Waals surface area contributed by atoms with E-state index in [1.54, 1.807) is 37.1 Å². The highest BCUT2D eigenvalue weighted by molar-refractivity contribution is 7.99. The van der Waals surface area contributed by atoms with E-state index in [4.69, 9.17) is 4.74 Å². The number of rotatable bonds is 7. The standard InChI is InChI=1S/C23H27N5O3S/c1-27-14-6-9-19(27)22(30)24-20(29)15-32-23-26-25-21(16-10-12-18(31-2)13-11-16)28(23)17-7-4-3-5-8-17/h6,9-14,17H,3-5,7-8,15H2,1-2H3,(H,24,29,30). The molecule has 1 aliphatic carbocycles. The van der Waals surface area contributed by atoms with E-state index >= 15 is 0 Å². The normalized spacial score (nSPS) is 14.3. The minimum atomic E-state index is -0.407. The average Bonchev–Trinajstić information content (AvgIpc) is 3.44. The van der Waals surface area contributed by atoms with E-state index in [2.05, 4.69) is 20.1 Å². The molecule has 0 aliphatic heterocycles. The quantitative estimate of drug-likeness (QED) is 0.547. The molecule has 0 bridgehead atoms. The number of benzene rings is 1. The van der Waals surface area contributed by atoms with Gasteiger partial charge in [-0.2, -0.15) is 0 Å². The van der Waals surface area contributed by atoms with E-state index in [0.29, 0.717) is 16.9 Å². The number of thioether (sulfide) groups is 1. The molecule has 1 aliphatic rings. The van der Waals surface area contributed by atoms with Gasteiger partial charge in [-0.3, -0.25) is 19.5 Å². The summed E-state index contributed by atoms with van der Waals surface area (Å²) in [5, 5.41) is 12.0. The first kappa shape index (κ1) is 22.1. The van der Waals surface area contributed by atoms with Gasteiger partial charge in [-0.15, -0.1) is 10.2 Å². The number of hydrogen-bond donors (Lipinski definition) is 1. The topological polar surface area (TPSA) is 91.0 Å². The predicted molar refractivity (Wildman–Crippen MR) is 123 cm³/mol. The van der Waals surface area contributed by atoms with E-state index in [1.807, 2.05) is 24.3 Å². The number of hydrogen-bond acceptors (Lipinski definition) is 6. The molecule has 0 unspecified atom stereocenters. The summed E-state index contributed by atoms with van der Waals surface area (Å²) in [6.45, 7) is 0. The van der Waals surface area contributed by atoms with Crippen LogP contribution >= 0.6 is 11.8 Å². The molecule has 3 aromatic rings. The lowest BCUT2D eigenvalue weighted by molar-refractivity contribution is -0.117. The zero-order valence-electron chi connectivity index (χ0n) is 18.3. The van der Waals surface area contributed by atoms with Crippen molar-refractivity contribution in [1.29, 1.82) is 0 Å². The van der Waals surface area contributed by atoms with Crippen molar-refractivity contribution in [3.63, 3.8) is 0 Å². The smallest absolute Gasteiger partial charge is 0.274 e. The second-order valence-corrected chi connectivity index (χ2v) is 8.81. The van der Waals surface area contributed by atoms with E-state index in [9.17, 15) is 9.59 Å². The molecule has 2 aromatic heterocycles. The molecule has 1 aromatic carbocycles. The van der Waals surface area contributed by atoms with Crippen molar-refractivity contribution in [2.45, 2.75) is 43.3 Å². The molecule has 0 radical (unpaired) electrons. The Bertz CT molecular complexity index is 1080. The third-order valence-corrected chi connectivity index (χ3v) is 6.66. The molecule has 1 N–H and O–H groups in total. The van der Waals surface area contributed by atoms with Gasteiger partial charge < -0.3 is 9.30 Å². The number of carbonyl (C=O) groups is 2. The van der Waals surface area contributed by atoms with Gasteiger partial charge in [0.15, 0.2) is 11.0 Å². The molecule has 1 saturated carbocycles. The Kier molecular flexibility index (Phi) is 6.94. The Hall–Kier alpha value is -3.07. The Morgan fingerprint density at radius 1 is 1.12 bits per heavy atom. The number of carbonyl (C=O) groups excluding carboxylic acids is 2. The van der Waals surface area contributed by atoms with Crippen LogP contribution in [0.25, 0.3) is 11.4 Å². The summed E-state index contributed by atoms with van der Waals surface area (Å²) in [7, 11) is 3.41. The van der Waals surface area contributed by atoms with Crippen LogP contribution in [0.2, 0.25) is 0 Å². The van der Waals surface area contributed by atoms with Crippen molar-refractivity contribution in [3.05, 3.63) is 48.3 Å². The lowest BCUT2D eigenvalue weighted by Gasteiger charge is -2.25. The first-order valence-corrected chi connectivity index (χ1v) is 11.7. The highest BCUT2D eigenvalue weighted by Crippen LogP contribution is 2.35. The highest BCUT2D eigenvalue weighted by atomic mass is 32.2. The summed E-state index contributed by atoms with van der Waals surface area (Å²) in [4.78, 5) is 24.7. The summed E-state index contributed by atoms with van der Waals surface area (Å²) in [5.74, 6) is 0.902. The first-order chi connectivity index (χ1) is 15.6. The molecule has 1 fully saturated rings. The molecule has 32 heavy (non-hydrogen) atoms. The Labute approximate surface area is 191 Å². The van der Waals surface area contributed by atoms with Crippen LogP contribution in [0, 0.1) is 0 Å². The van der Waals surface area contributed by atoms with Crippen molar-refractivity contribution in [2.75, 3.05) is 12.9 Å². The number of ether oxygens (including phenoxy) is 1. The second kappa shape index (κ2) is 10.0. The molecule has 8 nitrogen and oxygen atoms in total. The Morgan fingerprint density at radius 3 is 2.53 bits per heavy atom. The van der Waals surface area contributed by atoms with Crippen LogP contribution in [0.5, 0.6) is 5.75 Å². The number of imide groups is 1. The SMILES string of the molecule is COc1ccc(-c2nnc(SCC(=O)NC(=O)c3cccn3C)n2C2CCCCC2)cc1. The maximum Gasteiger partial charge on any atom is 0.274 e. The van der Waals surface area contributed by atoms with Crippen LogP contribution in [0.4, 0.5) is 0 Å². The van der Waals surface area contributed by atoms with Crippen LogP contribution in [-0.2, 0) is 11.8 Å². The van der Waals surface area contributed by atoms with Crippen LogP contribution in [0.15, 0.2) is 47.8 Å². The molecule has 0 atom stereocenters. The van der Waals surface area contributed by atoms with Gasteiger partial charge in [-0.05, 0) is 49.2 Å². The molecule has 168 valence electrons. The highest BCUT2D eigenvalue weighted by Gasteiger charge is 2.24. The maximum atomic E-state index is 12.4. The fourth-order valence-electron chi connectivity index (χ4n) is 4.03. The molecule has 0 spiro atoms. The first-order valence-electron chi connectivity index (χ1n) is 10.7.